The zero-order valence-electron chi connectivity index (χ0n) is 21.8. The Balaban J connectivity index is 1.26. The highest BCUT2D eigenvalue weighted by Crippen LogP contribution is 2.30. The van der Waals surface area contributed by atoms with E-state index in [4.69, 9.17) is 4.42 Å². The van der Waals surface area contributed by atoms with Gasteiger partial charge in [-0.25, -0.2) is 9.97 Å². The summed E-state index contributed by atoms with van der Waals surface area (Å²) in [5.74, 6) is -1.21. The normalized spacial score (nSPS) is 15.5. The number of nitrogens with zero attached hydrogens (tertiary/aromatic N) is 2. The Kier molecular flexibility index (Phi) is 8.45. The minimum absolute atomic E-state index is 0.0676. The summed E-state index contributed by atoms with van der Waals surface area (Å²) in [4.78, 5) is 50.5. The van der Waals surface area contributed by atoms with Gasteiger partial charge in [-0.15, -0.1) is 0 Å². The Morgan fingerprint density at radius 3 is 2.49 bits per heavy atom. The first-order valence-electron chi connectivity index (χ1n) is 13.6. The van der Waals surface area contributed by atoms with Crippen molar-refractivity contribution in [3.8, 4) is 0 Å². The SMILES string of the molecule is O=C(NCC(C(=O)NCCC(C(=O)c1nc2ccccc2o1)c1ccccc1)C1CCCCC1)c1cnc[nH]1. The van der Waals surface area contributed by atoms with Crippen LogP contribution < -0.4 is 10.6 Å². The number of aromatic nitrogens is 3. The Morgan fingerprint density at radius 1 is 0.974 bits per heavy atom. The molecule has 4 aromatic rings. The van der Waals surface area contributed by atoms with Gasteiger partial charge in [-0.05, 0) is 42.9 Å². The van der Waals surface area contributed by atoms with Crippen LogP contribution in [0.4, 0.5) is 0 Å². The molecular formula is C30H33N5O4. The van der Waals surface area contributed by atoms with Crippen LogP contribution in [0.25, 0.3) is 11.1 Å². The number of para-hydroxylation sites is 2. The Bertz CT molecular complexity index is 1360. The molecule has 2 amide bonds. The number of ketones is 1. The number of Topliss-reactive ketones (excluding diaryl/α,β-unsaturated/α-hetero) is 1. The zero-order valence-corrected chi connectivity index (χ0v) is 21.8. The zero-order chi connectivity index (χ0) is 27.0. The lowest BCUT2D eigenvalue weighted by Gasteiger charge is -2.29. The Morgan fingerprint density at radius 2 is 1.74 bits per heavy atom. The molecule has 0 radical (unpaired) electrons. The second-order valence-corrected chi connectivity index (χ2v) is 10.1. The van der Waals surface area contributed by atoms with Gasteiger partial charge in [-0.3, -0.25) is 14.4 Å². The largest absolute Gasteiger partial charge is 0.434 e. The molecule has 9 heteroatoms. The smallest absolute Gasteiger partial charge is 0.269 e. The van der Waals surface area contributed by atoms with E-state index in [1.165, 1.54) is 18.9 Å². The highest BCUT2D eigenvalue weighted by Gasteiger charge is 2.31. The number of H-pyrrole nitrogens is 1. The highest BCUT2D eigenvalue weighted by molar-refractivity contribution is 5.99. The molecule has 1 fully saturated rings. The number of amides is 2. The van der Waals surface area contributed by atoms with Gasteiger partial charge in [0.25, 0.3) is 11.8 Å². The summed E-state index contributed by atoms with van der Waals surface area (Å²) < 4.78 is 5.77. The molecule has 0 saturated heterocycles. The minimum Gasteiger partial charge on any atom is -0.434 e. The van der Waals surface area contributed by atoms with Gasteiger partial charge in [0, 0.05) is 13.1 Å². The van der Waals surface area contributed by atoms with E-state index < -0.39 is 5.92 Å². The van der Waals surface area contributed by atoms with Crippen molar-refractivity contribution < 1.29 is 18.8 Å². The molecule has 1 aliphatic carbocycles. The van der Waals surface area contributed by atoms with Crippen LogP contribution in [0.5, 0.6) is 0 Å². The van der Waals surface area contributed by atoms with Crippen LogP contribution >= 0.6 is 0 Å². The third-order valence-corrected chi connectivity index (χ3v) is 7.54. The standard InChI is InChI=1S/C30H33N5O4/c36-27(30-35-24-13-7-8-14-26(24)39-30)22(20-9-3-1-4-10-20)15-16-32-28(37)23(21-11-5-2-6-12-21)17-33-29(38)25-18-31-19-34-25/h1,3-4,7-10,13-14,18-19,21-23H,2,5-6,11-12,15-17H2,(H,31,34)(H,32,37)(H,33,38). The van der Waals surface area contributed by atoms with Crippen molar-refractivity contribution in [3.63, 3.8) is 0 Å². The van der Waals surface area contributed by atoms with Gasteiger partial charge in [0.1, 0.15) is 11.2 Å². The van der Waals surface area contributed by atoms with Gasteiger partial charge in [0.2, 0.25) is 11.7 Å². The molecule has 2 aromatic carbocycles. The van der Waals surface area contributed by atoms with Crippen molar-refractivity contribution in [1.82, 2.24) is 25.6 Å². The van der Waals surface area contributed by atoms with Crippen LogP contribution in [0, 0.1) is 11.8 Å². The third kappa shape index (κ3) is 6.42. The van der Waals surface area contributed by atoms with Crippen LogP contribution in [-0.4, -0.2) is 45.6 Å². The predicted octanol–water partition coefficient (Wildman–Crippen LogP) is 4.65. The van der Waals surface area contributed by atoms with E-state index in [9.17, 15) is 14.4 Å². The molecule has 5 rings (SSSR count). The number of hydrogen-bond donors (Lipinski definition) is 3. The molecule has 2 heterocycles. The summed E-state index contributed by atoms with van der Waals surface area (Å²) in [6.45, 7) is 0.556. The average Bonchev–Trinajstić information content (AvgIpc) is 3.67. The first kappa shape index (κ1) is 26.3. The predicted molar refractivity (Wildman–Crippen MR) is 146 cm³/mol. The van der Waals surface area contributed by atoms with Crippen LogP contribution in [0.15, 0.2) is 71.5 Å². The number of carbonyl (C=O) groups is 3. The van der Waals surface area contributed by atoms with Crippen molar-refractivity contribution in [1.29, 1.82) is 0 Å². The fourth-order valence-electron chi connectivity index (χ4n) is 5.42. The van der Waals surface area contributed by atoms with Crippen molar-refractivity contribution >= 4 is 28.7 Å². The molecule has 2 atom stereocenters. The monoisotopic (exact) mass is 527 g/mol. The van der Waals surface area contributed by atoms with Gasteiger partial charge in [0.15, 0.2) is 5.58 Å². The maximum absolute atomic E-state index is 13.5. The number of carbonyl (C=O) groups excluding carboxylic acids is 3. The molecule has 2 aromatic heterocycles. The third-order valence-electron chi connectivity index (χ3n) is 7.54. The molecule has 0 spiro atoms. The first-order valence-corrected chi connectivity index (χ1v) is 13.6. The number of fused-ring (bicyclic) bond motifs is 1. The summed E-state index contributed by atoms with van der Waals surface area (Å²) in [6.07, 6.45) is 8.55. The van der Waals surface area contributed by atoms with Crippen molar-refractivity contribution in [2.75, 3.05) is 13.1 Å². The molecule has 9 nitrogen and oxygen atoms in total. The van der Waals surface area contributed by atoms with E-state index in [1.54, 1.807) is 6.07 Å². The number of imidazole rings is 1. The van der Waals surface area contributed by atoms with Crippen molar-refractivity contribution in [2.45, 2.75) is 44.4 Å². The van der Waals surface area contributed by atoms with E-state index in [2.05, 4.69) is 25.6 Å². The van der Waals surface area contributed by atoms with Gasteiger partial charge in [-0.2, -0.15) is 0 Å². The fourth-order valence-corrected chi connectivity index (χ4v) is 5.42. The molecule has 1 saturated carbocycles. The van der Waals surface area contributed by atoms with E-state index in [-0.39, 0.29) is 41.9 Å². The average molecular weight is 528 g/mol. The van der Waals surface area contributed by atoms with Gasteiger partial charge >= 0.3 is 0 Å². The first-order chi connectivity index (χ1) is 19.1. The lowest BCUT2D eigenvalue weighted by atomic mass is 9.79. The van der Waals surface area contributed by atoms with Crippen LogP contribution in [-0.2, 0) is 4.79 Å². The van der Waals surface area contributed by atoms with Gasteiger partial charge in [0.05, 0.1) is 24.4 Å². The van der Waals surface area contributed by atoms with E-state index >= 15 is 0 Å². The molecule has 39 heavy (non-hydrogen) atoms. The summed E-state index contributed by atoms with van der Waals surface area (Å²) in [5.41, 5.74) is 2.40. The number of rotatable bonds is 11. The lowest BCUT2D eigenvalue weighted by molar-refractivity contribution is -0.126. The number of aromatic amines is 1. The maximum Gasteiger partial charge on any atom is 0.269 e. The number of benzene rings is 2. The fraction of sp³-hybridized carbons (Fsp3) is 0.367. The van der Waals surface area contributed by atoms with Crippen LogP contribution in [0.2, 0.25) is 0 Å². The quantitative estimate of drug-likeness (QED) is 0.244. The van der Waals surface area contributed by atoms with Crippen molar-refractivity contribution in [3.05, 3.63) is 84.3 Å². The maximum atomic E-state index is 13.5. The summed E-state index contributed by atoms with van der Waals surface area (Å²) in [6, 6.07) is 16.8. The minimum atomic E-state index is -0.521. The molecule has 202 valence electrons. The number of oxazole rings is 1. The van der Waals surface area contributed by atoms with Crippen molar-refractivity contribution in [2.24, 2.45) is 11.8 Å². The molecule has 2 unspecified atom stereocenters. The number of hydrogen-bond acceptors (Lipinski definition) is 6. The van der Waals surface area contributed by atoms with Crippen LogP contribution in [0.3, 0.4) is 0 Å². The highest BCUT2D eigenvalue weighted by atomic mass is 16.4. The second-order valence-electron chi connectivity index (χ2n) is 10.1. The molecule has 0 aliphatic heterocycles. The topological polar surface area (TPSA) is 130 Å². The Labute approximate surface area is 226 Å². The summed E-state index contributed by atoms with van der Waals surface area (Å²) in [5, 5.41) is 5.95. The molecule has 3 N–H and O–H groups in total. The van der Waals surface area contributed by atoms with E-state index in [0.717, 1.165) is 31.2 Å². The molecule has 1 aliphatic rings. The second kappa shape index (κ2) is 12.5. The summed E-state index contributed by atoms with van der Waals surface area (Å²) in [7, 11) is 0. The molecule has 0 bridgehead atoms. The van der Waals surface area contributed by atoms with E-state index in [1.807, 2.05) is 48.5 Å². The number of nitrogens with one attached hydrogen (secondary N) is 3. The van der Waals surface area contributed by atoms with Gasteiger partial charge < -0.3 is 20.0 Å². The Hall–Kier alpha value is -4.27. The lowest BCUT2D eigenvalue weighted by Crippen LogP contribution is -2.43. The summed E-state index contributed by atoms with van der Waals surface area (Å²) >= 11 is 0. The van der Waals surface area contributed by atoms with Gasteiger partial charge in [-0.1, -0.05) is 61.7 Å². The van der Waals surface area contributed by atoms with Crippen LogP contribution in [0.1, 0.15) is 71.2 Å². The molecular weight excluding hydrogens is 494 g/mol. The van der Waals surface area contributed by atoms with E-state index in [0.29, 0.717) is 29.8 Å².